The van der Waals surface area contributed by atoms with Crippen LogP contribution in [0.3, 0.4) is 0 Å². The normalized spacial score (nSPS) is 10.9. The van der Waals surface area contributed by atoms with Crippen molar-refractivity contribution in [3.8, 4) is 0 Å². The number of nitrogens with zero attached hydrogens (tertiary/aromatic N) is 3. The highest BCUT2D eigenvalue weighted by Gasteiger charge is 2.21. The van der Waals surface area contributed by atoms with Gasteiger partial charge in [0.2, 0.25) is 0 Å². The maximum Gasteiger partial charge on any atom is 0.252 e. The molecule has 0 aliphatic heterocycles. The number of hydrogen-bond acceptors (Lipinski definition) is 3. The molecule has 0 N–H and O–H groups in total. The zero-order valence-electron chi connectivity index (χ0n) is 8.42. The fourth-order valence-corrected chi connectivity index (χ4v) is 2.02. The first kappa shape index (κ1) is 11.9. The molecule has 2 heterocycles. The third kappa shape index (κ3) is 2.26. The van der Waals surface area contributed by atoms with Gasteiger partial charge in [0.15, 0.2) is 11.6 Å². The van der Waals surface area contributed by atoms with Crippen molar-refractivity contribution in [3.63, 3.8) is 0 Å². The number of halogens is 4. The van der Waals surface area contributed by atoms with Crippen LogP contribution in [0.2, 0.25) is 0 Å². The molecule has 2 rings (SSSR count). The van der Waals surface area contributed by atoms with Crippen LogP contribution >= 0.6 is 11.8 Å². The molecule has 0 aliphatic rings. The maximum atomic E-state index is 13.2. The van der Waals surface area contributed by atoms with Gasteiger partial charge >= 0.3 is 0 Å². The van der Waals surface area contributed by atoms with Crippen LogP contribution in [0, 0.1) is 23.5 Å². The Balaban J connectivity index is 2.45. The molecule has 0 saturated carbocycles. The summed E-state index contributed by atoms with van der Waals surface area (Å²) in [6, 6.07) is 0. The second-order valence-electron chi connectivity index (χ2n) is 3.10. The number of pyridine rings is 1. The molecule has 2 aromatic heterocycles. The lowest BCUT2D eigenvalue weighted by molar-refractivity contribution is 0.383. The van der Waals surface area contributed by atoms with Crippen LogP contribution in [0.1, 0.15) is 0 Å². The highest BCUT2D eigenvalue weighted by atomic mass is 32.2. The quantitative estimate of drug-likeness (QED) is 0.616. The minimum Gasteiger partial charge on any atom is -0.275 e. The summed E-state index contributed by atoms with van der Waals surface area (Å²) in [7, 11) is 1.60. The Hall–Kier alpha value is -1.57. The average molecular weight is 263 g/mol. The fraction of sp³-hybridized carbons (Fsp3) is 0.111. The van der Waals surface area contributed by atoms with Crippen molar-refractivity contribution in [2.75, 3.05) is 0 Å². The Morgan fingerprint density at radius 1 is 1.12 bits per heavy atom. The largest absolute Gasteiger partial charge is 0.275 e. The molecule has 0 bridgehead atoms. The van der Waals surface area contributed by atoms with E-state index in [0.717, 1.165) is 0 Å². The van der Waals surface area contributed by atoms with Crippen molar-refractivity contribution in [1.29, 1.82) is 0 Å². The van der Waals surface area contributed by atoms with Crippen molar-refractivity contribution in [2.24, 2.45) is 7.05 Å². The van der Waals surface area contributed by atoms with Gasteiger partial charge in [-0.1, -0.05) is 11.8 Å². The van der Waals surface area contributed by atoms with E-state index >= 15 is 0 Å². The van der Waals surface area contributed by atoms with Gasteiger partial charge in [0.05, 0.1) is 16.0 Å². The summed E-state index contributed by atoms with van der Waals surface area (Å²) in [5.74, 6) is -6.37. The number of hydrogen-bond donors (Lipinski definition) is 0. The Morgan fingerprint density at radius 2 is 1.71 bits per heavy atom. The van der Waals surface area contributed by atoms with Crippen molar-refractivity contribution >= 4 is 11.8 Å². The topological polar surface area (TPSA) is 30.7 Å². The molecular weight excluding hydrogens is 258 g/mol. The molecule has 0 spiro atoms. The minimum absolute atomic E-state index is 0.357. The SMILES string of the molecule is Cn1cc(Sc2c(F)c(F)nc(F)c2F)cn1. The molecule has 0 fully saturated rings. The Bertz CT molecular complexity index is 543. The predicted molar refractivity (Wildman–Crippen MR) is 51.4 cm³/mol. The Morgan fingerprint density at radius 3 is 2.18 bits per heavy atom. The van der Waals surface area contributed by atoms with Crippen molar-refractivity contribution in [1.82, 2.24) is 14.8 Å². The third-order valence-electron chi connectivity index (χ3n) is 1.86. The van der Waals surface area contributed by atoms with Gasteiger partial charge in [-0.15, -0.1) is 0 Å². The van der Waals surface area contributed by atoms with E-state index in [-0.39, 0.29) is 0 Å². The Labute approximate surface area is 97.5 Å². The number of rotatable bonds is 2. The van der Waals surface area contributed by atoms with Crippen LogP contribution in [0.4, 0.5) is 17.6 Å². The zero-order valence-corrected chi connectivity index (χ0v) is 9.23. The lowest BCUT2D eigenvalue weighted by Crippen LogP contribution is -2.01. The first-order valence-corrected chi connectivity index (χ1v) is 5.17. The van der Waals surface area contributed by atoms with Gasteiger partial charge in [-0.2, -0.15) is 18.9 Å². The van der Waals surface area contributed by atoms with E-state index in [1.807, 2.05) is 0 Å². The average Bonchev–Trinajstić information content (AvgIpc) is 2.68. The molecule has 0 atom stereocenters. The number of aryl methyl sites for hydroxylation is 1. The van der Waals surface area contributed by atoms with Crippen LogP contribution in [0.25, 0.3) is 0 Å². The molecule has 2 aromatic rings. The van der Waals surface area contributed by atoms with Gasteiger partial charge in [0.1, 0.15) is 0 Å². The maximum absolute atomic E-state index is 13.2. The van der Waals surface area contributed by atoms with E-state index in [1.54, 1.807) is 7.05 Å². The second kappa shape index (κ2) is 4.36. The first-order chi connectivity index (χ1) is 7.99. The summed E-state index contributed by atoms with van der Waals surface area (Å²) in [6.07, 6.45) is 2.78. The van der Waals surface area contributed by atoms with Crippen LogP contribution < -0.4 is 0 Å². The highest BCUT2D eigenvalue weighted by molar-refractivity contribution is 7.99. The predicted octanol–water partition coefficient (Wildman–Crippen LogP) is 2.52. The number of aromatic nitrogens is 3. The molecule has 0 radical (unpaired) electrons. The zero-order chi connectivity index (χ0) is 12.6. The van der Waals surface area contributed by atoms with Crippen LogP contribution in [0.5, 0.6) is 0 Å². The van der Waals surface area contributed by atoms with Crippen LogP contribution in [0.15, 0.2) is 22.2 Å². The van der Waals surface area contributed by atoms with E-state index in [4.69, 9.17) is 0 Å². The molecule has 0 aliphatic carbocycles. The van der Waals surface area contributed by atoms with E-state index in [9.17, 15) is 17.6 Å². The van der Waals surface area contributed by atoms with Gasteiger partial charge in [-0.3, -0.25) is 4.68 Å². The highest BCUT2D eigenvalue weighted by Crippen LogP contribution is 2.32. The van der Waals surface area contributed by atoms with Crippen molar-refractivity contribution in [3.05, 3.63) is 35.9 Å². The van der Waals surface area contributed by atoms with Crippen LogP contribution in [-0.2, 0) is 7.05 Å². The Kier molecular flexibility index (Phi) is 3.05. The van der Waals surface area contributed by atoms with Gasteiger partial charge in [0, 0.05) is 13.2 Å². The summed E-state index contributed by atoms with van der Waals surface area (Å²) in [6.45, 7) is 0. The lowest BCUT2D eigenvalue weighted by Gasteiger charge is -2.03. The molecule has 0 aromatic carbocycles. The molecule has 8 heteroatoms. The van der Waals surface area contributed by atoms with Crippen molar-refractivity contribution in [2.45, 2.75) is 9.79 Å². The first-order valence-electron chi connectivity index (χ1n) is 4.35. The fourth-order valence-electron chi connectivity index (χ4n) is 1.13. The summed E-state index contributed by atoms with van der Waals surface area (Å²) in [5.41, 5.74) is 0. The molecule has 0 unspecified atom stereocenters. The van der Waals surface area contributed by atoms with Gasteiger partial charge in [-0.25, -0.2) is 8.78 Å². The van der Waals surface area contributed by atoms with Gasteiger partial charge < -0.3 is 0 Å². The summed E-state index contributed by atoms with van der Waals surface area (Å²) in [5, 5.41) is 3.76. The second-order valence-corrected chi connectivity index (χ2v) is 4.19. The van der Waals surface area contributed by atoms with Gasteiger partial charge in [-0.05, 0) is 0 Å². The molecule has 0 saturated heterocycles. The standard InChI is InChI=1S/C9H5F4N3S/c1-16-3-4(2-14-16)17-7-5(10)8(12)15-9(13)6(7)11/h2-3H,1H3. The molecular formula is C9H5F4N3S. The van der Waals surface area contributed by atoms with E-state index in [2.05, 4.69) is 10.1 Å². The third-order valence-corrected chi connectivity index (χ3v) is 2.87. The van der Waals surface area contributed by atoms with E-state index in [1.165, 1.54) is 17.1 Å². The molecule has 17 heavy (non-hydrogen) atoms. The summed E-state index contributed by atoms with van der Waals surface area (Å²) < 4.78 is 53.5. The summed E-state index contributed by atoms with van der Waals surface area (Å²) in [4.78, 5) is 2.04. The van der Waals surface area contributed by atoms with Gasteiger partial charge in [0.25, 0.3) is 11.9 Å². The molecule has 90 valence electrons. The lowest BCUT2D eigenvalue weighted by atomic mass is 10.4. The van der Waals surface area contributed by atoms with E-state index in [0.29, 0.717) is 16.7 Å². The monoisotopic (exact) mass is 263 g/mol. The summed E-state index contributed by atoms with van der Waals surface area (Å²) >= 11 is 0.537. The van der Waals surface area contributed by atoms with Crippen molar-refractivity contribution < 1.29 is 17.6 Å². The molecule has 0 amide bonds. The smallest absolute Gasteiger partial charge is 0.252 e. The molecule has 3 nitrogen and oxygen atoms in total. The van der Waals surface area contributed by atoms with E-state index < -0.39 is 28.4 Å². The minimum atomic E-state index is -1.67. The van der Waals surface area contributed by atoms with Crippen LogP contribution in [-0.4, -0.2) is 14.8 Å².